The highest BCUT2D eigenvalue weighted by Crippen LogP contribution is 2.17. The number of methoxy groups -OCH3 is 1. The molecule has 1 rings (SSSR count). The van der Waals surface area contributed by atoms with E-state index in [0.717, 1.165) is 0 Å². The van der Waals surface area contributed by atoms with Crippen molar-refractivity contribution in [2.45, 2.75) is 6.42 Å². The minimum Gasteiger partial charge on any atom is -0.465 e. The van der Waals surface area contributed by atoms with E-state index < -0.39 is 5.97 Å². The number of hydrogen-bond acceptors (Lipinski definition) is 4. The van der Waals surface area contributed by atoms with Gasteiger partial charge in [0.25, 0.3) is 0 Å². The summed E-state index contributed by atoms with van der Waals surface area (Å²) in [6.07, 6.45) is 0.599. The number of rotatable bonds is 2. The largest absolute Gasteiger partial charge is 0.465 e. The number of nitrogens with two attached hydrogens (primary N) is 2. The third kappa shape index (κ3) is 2.75. The fraction of sp³-hybridized carbons (Fsp3) is 0.250. The Balaban J connectivity index is 3.05. The molecular weight excluding hydrogens is 204 g/mol. The van der Waals surface area contributed by atoms with Gasteiger partial charge in [0.2, 0.25) is 0 Å². The Labute approximate surface area is 94.6 Å². The second kappa shape index (κ2) is 5.79. The minimum absolute atomic E-state index is 0.335. The maximum atomic E-state index is 11.3. The predicted molar refractivity (Wildman–Crippen MR) is 62.7 cm³/mol. The summed E-state index contributed by atoms with van der Waals surface area (Å²) in [4.78, 5) is 11.3. The first kappa shape index (κ1) is 12.1. The standard InChI is InChI=1S/C12H14N2O2/c1-16-12(15)10-7-4-6-9(11(10)14)5-2-3-8-13/h4,6-7H,3,8,13-14H2,1H3. The first-order valence-corrected chi connectivity index (χ1v) is 4.86. The van der Waals surface area contributed by atoms with Crippen LogP contribution in [0.25, 0.3) is 0 Å². The number of para-hydroxylation sites is 1. The Bertz CT molecular complexity index is 444. The summed E-state index contributed by atoms with van der Waals surface area (Å²) < 4.78 is 4.61. The zero-order valence-electron chi connectivity index (χ0n) is 9.12. The Morgan fingerprint density at radius 2 is 2.25 bits per heavy atom. The summed E-state index contributed by atoms with van der Waals surface area (Å²) in [7, 11) is 1.31. The number of esters is 1. The van der Waals surface area contributed by atoms with Crippen LogP contribution < -0.4 is 11.5 Å². The fourth-order valence-corrected chi connectivity index (χ4v) is 1.19. The van der Waals surface area contributed by atoms with Crippen molar-refractivity contribution >= 4 is 11.7 Å². The van der Waals surface area contributed by atoms with E-state index in [0.29, 0.717) is 29.8 Å². The summed E-state index contributed by atoms with van der Waals surface area (Å²) in [5.74, 6) is 5.28. The van der Waals surface area contributed by atoms with Crippen molar-refractivity contribution in [2.75, 3.05) is 19.4 Å². The van der Waals surface area contributed by atoms with Crippen LogP contribution in [0.3, 0.4) is 0 Å². The Kier molecular flexibility index (Phi) is 4.37. The molecule has 0 atom stereocenters. The van der Waals surface area contributed by atoms with E-state index in [1.807, 2.05) is 0 Å². The molecule has 0 unspecified atom stereocenters. The lowest BCUT2D eigenvalue weighted by atomic mass is 10.1. The lowest BCUT2D eigenvalue weighted by Crippen LogP contribution is -2.06. The second-order valence-corrected chi connectivity index (χ2v) is 3.10. The Morgan fingerprint density at radius 1 is 1.50 bits per heavy atom. The van der Waals surface area contributed by atoms with Crippen molar-refractivity contribution in [3.05, 3.63) is 29.3 Å². The number of ether oxygens (including phenoxy) is 1. The summed E-state index contributed by atoms with van der Waals surface area (Å²) in [5, 5.41) is 0. The molecule has 1 aromatic carbocycles. The number of benzene rings is 1. The van der Waals surface area contributed by atoms with Gasteiger partial charge in [0.05, 0.1) is 18.4 Å². The predicted octanol–water partition coefficient (Wildman–Crippen LogP) is 0.756. The van der Waals surface area contributed by atoms with Gasteiger partial charge in [0.15, 0.2) is 0 Å². The molecular formula is C12H14N2O2. The van der Waals surface area contributed by atoms with Crippen LogP contribution in [0.15, 0.2) is 18.2 Å². The van der Waals surface area contributed by atoms with Gasteiger partial charge in [-0.15, -0.1) is 0 Å². The van der Waals surface area contributed by atoms with E-state index in [-0.39, 0.29) is 0 Å². The lowest BCUT2D eigenvalue weighted by molar-refractivity contribution is 0.0602. The molecule has 0 aliphatic heterocycles. The van der Waals surface area contributed by atoms with E-state index in [4.69, 9.17) is 11.5 Å². The SMILES string of the molecule is COC(=O)c1cccc(C#CCCN)c1N. The van der Waals surface area contributed by atoms with Gasteiger partial charge >= 0.3 is 5.97 Å². The maximum absolute atomic E-state index is 11.3. The van der Waals surface area contributed by atoms with E-state index in [1.54, 1.807) is 18.2 Å². The number of carbonyl (C=O) groups excluding carboxylic acids is 1. The van der Waals surface area contributed by atoms with Crippen LogP contribution in [-0.2, 0) is 4.74 Å². The molecule has 0 radical (unpaired) electrons. The fourth-order valence-electron chi connectivity index (χ4n) is 1.19. The molecule has 84 valence electrons. The van der Waals surface area contributed by atoms with Gasteiger partial charge in [-0.2, -0.15) is 0 Å². The first-order valence-electron chi connectivity index (χ1n) is 4.86. The van der Waals surface area contributed by atoms with Crippen LogP contribution in [0.2, 0.25) is 0 Å². The molecule has 0 heterocycles. The molecule has 4 N–H and O–H groups in total. The molecule has 16 heavy (non-hydrogen) atoms. The summed E-state index contributed by atoms with van der Waals surface area (Å²) in [6, 6.07) is 5.08. The average molecular weight is 218 g/mol. The maximum Gasteiger partial charge on any atom is 0.339 e. The van der Waals surface area contributed by atoms with Crippen LogP contribution in [0.5, 0.6) is 0 Å². The monoisotopic (exact) mass is 218 g/mol. The molecule has 0 saturated heterocycles. The average Bonchev–Trinajstić information content (AvgIpc) is 2.30. The van der Waals surface area contributed by atoms with Gasteiger partial charge in [-0.1, -0.05) is 17.9 Å². The minimum atomic E-state index is -0.458. The molecule has 0 aliphatic carbocycles. The molecule has 0 aromatic heterocycles. The summed E-state index contributed by atoms with van der Waals surface area (Å²) >= 11 is 0. The number of carbonyl (C=O) groups is 1. The molecule has 0 spiro atoms. The zero-order valence-corrected chi connectivity index (χ0v) is 9.12. The van der Waals surface area contributed by atoms with Crippen LogP contribution >= 0.6 is 0 Å². The number of nitrogen functional groups attached to an aromatic ring is 1. The van der Waals surface area contributed by atoms with Crippen LogP contribution in [0.4, 0.5) is 5.69 Å². The smallest absolute Gasteiger partial charge is 0.339 e. The van der Waals surface area contributed by atoms with E-state index in [1.165, 1.54) is 7.11 Å². The van der Waals surface area contributed by atoms with Gasteiger partial charge in [0, 0.05) is 18.5 Å². The third-order valence-corrected chi connectivity index (χ3v) is 2.00. The highest BCUT2D eigenvalue weighted by atomic mass is 16.5. The summed E-state index contributed by atoms with van der Waals surface area (Å²) in [5.41, 5.74) is 12.4. The van der Waals surface area contributed by atoms with Gasteiger partial charge in [0.1, 0.15) is 0 Å². The topological polar surface area (TPSA) is 78.3 Å². The number of hydrogen-bond donors (Lipinski definition) is 2. The van der Waals surface area contributed by atoms with Gasteiger partial charge < -0.3 is 16.2 Å². The Hall–Kier alpha value is -1.99. The van der Waals surface area contributed by atoms with Crippen LogP contribution in [0.1, 0.15) is 22.3 Å². The van der Waals surface area contributed by atoms with Crippen LogP contribution in [0, 0.1) is 11.8 Å². The van der Waals surface area contributed by atoms with Crippen molar-refractivity contribution in [3.8, 4) is 11.8 Å². The molecule has 0 amide bonds. The van der Waals surface area contributed by atoms with Gasteiger partial charge in [-0.05, 0) is 12.1 Å². The highest BCUT2D eigenvalue weighted by Gasteiger charge is 2.11. The van der Waals surface area contributed by atoms with Crippen molar-refractivity contribution < 1.29 is 9.53 Å². The van der Waals surface area contributed by atoms with Crippen molar-refractivity contribution in [2.24, 2.45) is 5.73 Å². The quantitative estimate of drug-likeness (QED) is 0.436. The third-order valence-electron chi connectivity index (χ3n) is 2.00. The van der Waals surface area contributed by atoms with Crippen molar-refractivity contribution in [1.82, 2.24) is 0 Å². The molecule has 4 heteroatoms. The van der Waals surface area contributed by atoms with E-state index in [9.17, 15) is 4.79 Å². The van der Waals surface area contributed by atoms with Crippen molar-refractivity contribution in [1.29, 1.82) is 0 Å². The molecule has 0 saturated carbocycles. The van der Waals surface area contributed by atoms with Gasteiger partial charge in [-0.3, -0.25) is 0 Å². The molecule has 0 aliphatic rings. The molecule has 4 nitrogen and oxygen atoms in total. The van der Waals surface area contributed by atoms with E-state index >= 15 is 0 Å². The number of anilines is 1. The first-order chi connectivity index (χ1) is 7.70. The zero-order chi connectivity index (χ0) is 12.0. The van der Waals surface area contributed by atoms with Crippen LogP contribution in [-0.4, -0.2) is 19.6 Å². The van der Waals surface area contributed by atoms with E-state index in [2.05, 4.69) is 16.6 Å². The second-order valence-electron chi connectivity index (χ2n) is 3.10. The lowest BCUT2D eigenvalue weighted by Gasteiger charge is -2.04. The molecule has 1 aromatic rings. The molecule has 0 fully saturated rings. The van der Waals surface area contributed by atoms with Crippen molar-refractivity contribution in [3.63, 3.8) is 0 Å². The molecule has 0 bridgehead atoms. The Morgan fingerprint density at radius 3 is 2.88 bits per heavy atom. The normalized spacial score (nSPS) is 9.12. The highest BCUT2D eigenvalue weighted by molar-refractivity contribution is 5.96. The van der Waals surface area contributed by atoms with Gasteiger partial charge in [-0.25, -0.2) is 4.79 Å². The summed E-state index contributed by atoms with van der Waals surface area (Å²) in [6.45, 7) is 0.504.